The van der Waals surface area contributed by atoms with Gasteiger partial charge in [-0.25, -0.2) is 4.68 Å². The Labute approximate surface area is 199 Å². The number of carbonyl (C=O) groups is 1. The first-order chi connectivity index (χ1) is 15.9. The monoisotopic (exact) mass is 467 g/mol. The molecule has 2 aromatic heterocycles. The van der Waals surface area contributed by atoms with Crippen LogP contribution in [-0.4, -0.2) is 82.0 Å². The Hall–Kier alpha value is -2.71. The number of aryl methyl sites for hydroxylation is 2. The fourth-order valence-corrected chi connectivity index (χ4v) is 5.11. The first-order valence-electron chi connectivity index (χ1n) is 11.6. The van der Waals surface area contributed by atoms with E-state index in [4.69, 9.17) is 16.7 Å². The third kappa shape index (κ3) is 4.17. The Kier molecular flexibility index (Phi) is 5.97. The molecule has 0 saturated carbocycles. The van der Waals surface area contributed by atoms with Crippen molar-refractivity contribution in [1.29, 1.82) is 0 Å². The number of halogens is 1. The van der Waals surface area contributed by atoms with E-state index in [1.165, 1.54) is 0 Å². The zero-order chi connectivity index (χ0) is 23.1. The molecule has 9 heteroatoms. The molecular weight excluding hydrogens is 438 g/mol. The minimum atomic E-state index is 0.0897. The number of aromatic nitrogens is 4. The third-order valence-electron chi connectivity index (χ3n) is 7.01. The van der Waals surface area contributed by atoms with Crippen molar-refractivity contribution in [3.05, 3.63) is 40.7 Å². The number of hydrogen-bond donors (Lipinski definition) is 0. The van der Waals surface area contributed by atoms with Crippen LogP contribution in [0, 0.1) is 19.8 Å². The first-order valence-corrected chi connectivity index (χ1v) is 12.0. The molecule has 2 saturated heterocycles. The van der Waals surface area contributed by atoms with Gasteiger partial charge >= 0.3 is 0 Å². The highest BCUT2D eigenvalue weighted by molar-refractivity contribution is 6.30. The topological polar surface area (TPSA) is 70.4 Å². The molecule has 0 radical (unpaired) electrons. The molecule has 0 unspecified atom stereocenters. The molecule has 0 aliphatic carbocycles. The maximum absolute atomic E-state index is 13.0. The Morgan fingerprint density at radius 3 is 2.30 bits per heavy atom. The molecule has 8 nitrogen and oxygen atoms in total. The molecule has 1 amide bonds. The van der Waals surface area contributed by atoms with Gasteiger partial charge in [0, 0.05) is 50.2 Å². The summed E-state index contributed by atoms with van der Waals surface area (Å²) in [7, 11) is 2.11. The first kappa shape index (κ1) is 22.1. The van der Waals surface area contributed by atoms with Gasteiger partial charge in [-0.05, 0) is 58.0 Å². The molecule has 0 atom stereocenters. The van der Waals surface area contributed by atoms with Crippen LogP contribution in [0.5, 0.6) is 0 Å². The normalized spacial score (nSPS) is 18.3. The van der Waals surface area contributed by atoms with Gasteiger partial charge in [-0.2, -0.15) is 10.2 Å². The average molecular weight is 468 g/mol. The molecule has 2 aliphatic heterocycles. The summed E-state index contributed by atoms with van der Waals surface area (Å²) in [6.45, 7) is 9.17. The standard InChI is InChI=1S/C24H30ClN7O/c1-16-21-17(2)32(20-6-4-19(25)5-7-20)28-22(21)23(27-26-16)30-10-8-18(9-11-30)24(33)31-14-12-29(3)13-15-31/h4-7,18H,8-15H2,1-3H3. The van der Waals surface area contributed by atoms with E-state index >= 15 is 0 Å². The van der Waals surface area contributed by atoms with E-state index in [1.807, 2.05) is 40.8 Å². The number of fused-ring (bicyclic) bond motifs is 1. The maximum atomic E-state index is 13.0. The SMILES string of the molecule is Cc1nnc(N2CCC(C(=O)N3CCN(C)CC3)CC2)c2nn(-c3ccc(Cl)cc3)c(C)c12. The minimum absolute atomic E-state index is 0.0897. The lowest BCUT2D eigenvalue weighted by Gasteiger charge is -2.37. The maximum Gasteiger partial charge on any atom is 0.225 e. The van der Waals surface area contributed by atoms with Crippen molar-refractivity contribution >= 4 is 34.2 Å². The van der Waals surface area contributed by atoms with E-state index in [-0.39, 0.29) is 5.92 Å². The third-order valence-corrected chi connectivity index (χ3v) is 7.27. The van der Waals surface area contributed by atoms with E-state index in [0.717, 1.165) is 85.9 Å². The van der Waals surface area contributed by atoms with Crippen LogP contribution in [0.3, 0.4) is 0 Å². The predicted octanol–water partition coefficient (Wildman–Crippen LogP) is 3.08. The van der Waals surface area contributed by atoms with Crippen molar-refractivity contribution in [3.8, 4) is 5.69 Å². The smallest absolute Gasteiger partial charge is 0.225 e. The number of piperidine rings is 1. The molecule has 2 fully saturated rings. The summed E-state index contributed by atoms with van der Waals surface area (Å²) in [6, 6.07) is 7.67. The number of likely N-dealkylation sites (N-methyl/N-ethyl adjacent to an activating group) is 1. The highest BCUT2D eigenvalue weighted by Crippen LogP contribution is 2.32. The second-order valence-corrected chi connectivity index (χ2v) is 9.63. The number of benzene rings is 1. The van der Waals surface area contributed by atoms with Gasteiger partial charge in [-0.1, -0.05) is 11.6 Å². The Balaban J connectivity index is 1.37. The number of anilines is 1. The van der Waals surface area contributed by atoms with Gasteiger partial charge < -0.3 is 14.7 Å². The van der Waals surface area contributed by atoms with Crippen molar-refractivity contribution in [1.82, 2.24) is 29.8 Å². The number of rotatable bonds is 3. The summed E-state index contributed by atoms with van der Waals surface area (Å²) < 4.78 is 1.94. The molecule has 0 N–H and O–H groups in total. The highest BCUT2D eigenvalue weighted by atomic mass is 35.5. The zero-order valence-corrected chi connectivity index (χ0v) is 20.2. The summed E-state index contributed by atoms with van der Waals surface area (Å²) in [5, 5.41) is 15.7. The summed E-state index contributed by atoms with van der Waals surface area (Å²) >= 11 is 6.07. The van der Waals surface area contributed by atoms with Crippen molar-refractivity contribution in [2.24, 2.45) is 5.92 Å². The lowest BCUT2D eigenvalue weighted by molar-refractivity contribution is -0.137. The number of amides is 1. The number of hydrogen-bond acceptors (Lipinski definition) is 6. The fourth-order valence-electron chi connectivity index (χ4n) is 4.98. The lowest BCUT2D eigenvalue weighted by Crippen LogP contribution is -2.50. The summed E-state index contributed by atoms with van der Waals surface area (Å²) in [4.78, 5) is 19.6. The average Bonchev–Trinajstić information content (AvgIpc) is 3.18. The summed E-state index contributed by atoms with van der Waals surface area (Å²) in [6.07, 6.45) is 1.66. The largest absolute Gasteiger partial charge is 0.353 e. The molecule has 5 rings (SSSR count). The van der Waals surface area contributed by atoms with Crippen LogP contribution in [0.15, 0.2) is 24.3 Å². The van der Waals surface area contributed by atoms with E-state index in [0.29, 0.717) is 10.9 Å². The van der Waals surface area contributed by atoms with Gasteiger partial charge in [-0.15, -0.1) is 5.10 Å². The molecule has 2 aliphatic rings. The molecule has 4 heterocycles. The summed E-state index contributed by atoms with van der Waals surface area (Å²) in [5.41, 5.74) is 3.71. The van der Waals surface area contributed by atoms with Crippen molar-refractivity contribution in [2.45, 2.75) is 26.7 Å². The Bertz CT molecular complexity index is 1160. The van der Waals surface area contributed by atoms with Crippen molar-refractivity contribution in [3.63, 3.8) is 0 Å². The molecule has 0 bridgehead atoms. The number of nitrogens with zero attached hydrogens (tertiary/aromatic N) is 7. The second-order valence-electron chi connectivity index (χ2n) is 9.20. The van der Waals surface area contributed by atoms with Crippen LogP contribution >= 0.6 is 11.6 Å². The number of carbonyl (C=O) groups excluding carboxylic acids is 1. The lowest BCUT2D eigenvalue weighted by atomic mass is 9.95. The number of piperazine rings is 1. The van der Waals surface area contributed by atoms with Crippen LogP contribution in [0.2, 0.25) is 5.02 Å². The van der Waals surface area contributed by atoms with Crippen molar-refractivity contribution < 1.29 is 4.79 Å². The fraction of sp³-hybridized carbons (Fsp3) is 0.500. The van der Waals surface area contributed by atoms with E-state index in [1.54, 1.807) is 0 Å². The second kappa shape index (κ2) is 8.91. The van der Waals surface area contributed by atoms with E-state index in [2.05, 4.69) is 34.0 Å². The highest BCUT2D eigenvalue weighted by Gasteiger charge is 2.31. The summed E-state index contributed by atoms with van der Waals surface area (Å²) in [5.74, 6) is 1.20. The van der Waals surface area contributed by atoms with Crippen LogP contribution in [-0.2, 0) is 4.79 Å². The quantitative estimate of drug-likeness (QED) is 0.589. The van der Waals surface area contributed by atoms with Crippen LogP contribution in [0.25, 0.3) is 16.6 Å². The van der Waals surface area contributed by atoms with Gasteiger partial charge in [0.1, 0.15) is 5.52 Å². The Morgan fingerprint density at radius 2 is 1.64 bits per heavy atom. The molecule has 1 aromatic carbocycles. The Morgan fingerprint density at radius 1 is 0.970 bits per heavy atom. The van der Waals surface area contributed by atoms with Gasteiger partial charge in [0.25, 0.3) is 0 Å². The van der Waals surface area contributed by atoms with Gasteiger partial charge in [0.2, 0.25) is 5.91 Å². The van der Waals surface area contributed by atoms with Crippen LogP contribution in [0.4, 0.5) is 5.82 Å². The minimum Gasteiger partial charge on any atom is -0.353 e. The van der Waals surface area contributed by atoms with Gasteiger partial charge in [0.05, 0.1) is 22.5 Å². The molecule has 174 valence electrons. The molecule has 33 heavy (non-hydrogen) atoms. The molecule has 3 aromatic rings. The van der Waals surface area contributed by atoms with E-state index < -0.39 is 0 Å². The van der Waals surface area contributed by atoms with Crippen LogP contribution < -0.4 is 4.90 Å². The van der Waals surface area contributed by atoms with Gasteiger partial charge in [-0.3, -0.25) is 4.79 Å². The predicted molar refractivity (Wildman–Crippen MR) is 130 cm³/mol. The van der Waals surface area contributed by atoms with Gasteiger partial charge in [0.15, 0.2) is 5.82 Å². The van der Waals surface area contributed by atoms with E-state index in [9.17, 15) is 4.79 Å². The van der Waals surface area contributed by atoms with Crippen molar-refractivity contribution in [2.75, 3.05) is 51.2 Å². The molecular formula is C24H30ClN7O. The zero-order valence-electron chi connectivity index (χ0n) is 19.5. The van der Waals surface area contributed by atoms with Crippen LogP contribution in [0.1, 0.15) is 24.2 Å². The molecule has 0 spiro atoms.